The van der Waals surface area contributed by atoms with Crippen molar-refractivity contribution in [1.29, 1.82) is 0 Å². The molecule has 10 nitrogen and oxygen atoms in total. The summed E-state index contributed by atoms with van der Waals surface area (Å²) in [6.45, 7) is 0.394. The first-order valence-corrected chi connectivity index (χ1v) is 11.7. The monoisotopic (exact) mass is 454 g/mol. The van der Waals surface area contributed by atoms with Crippen molar-refractivity contribution in [2.45, 2.75) is 18.1 Å². The number of nitrogens with one attached hydrogen (secondary N) is 1. The third-order valence-electron chi connectivity index (χ3n) is 4.73. The first-order chi connectivity index (χ1) is 15.3. The fourth-order valence-corrected chi connectivity index (χ4v) is 3.98. The highest BCUT2D eigenvalue weighted by molar-refractivity contribution is 7.90. The number of amides is 1. The van der Waals surface area contributed by atoms with Gasteiger partial charge in [0, 0.05) is 44.2 Å². The molecule has 0 saturated heterocycles. The Morgan fingerprint density at radius 3 is 2.62 bits per heavy atom. The van der Waals surface area contributed by atoms with E-state index in [9.17, 15) is 13.2 Å². The lowest BCUT2D eigenvalue weighted by atomic mass is 10.2. The fraction of sp³-hybridized carbons (Fsp3) is 0.238. The summed E-state index contributed by atoms with van der Waals surface area (Å²) >= 11 is 0. The molecule has 32 heavy (non-hydrogen) atoms. The molecule has 11 heteroatoms. The van der Waals surface area contributed by atoms with E-state index in [-0.39, 0.29) is 23.8 Å². The van der Waals surface area contributed by atoms with Gasteiger partial charge in [0.25, 0.3) is 0 Å². The number of benzene rings is 1. The van der Waals surface area contributed by atoms with Crippen molar-refractivity contribution >= 4 is 21.6 Å². The van der Waals surface area contributed by atoms with Crippen LogP contribution in [0.5, 0.6) is 0 Å². The number of nitrogens with zero attached hydrogens (tertiary/aromatic N) is 5. The van der Waals surface area contributed by atoms with Gasteiger partial charge in [0.05, 0.1) is 23.8 Å². The Morgan fingerprint density at radius 1 is 1.16 bits per heavy atom. The molecule has 3 heterocycles. The SMILES string of the molecule is Cn1cc(-c2cnc3c(S(C)(=O)=O)nc(CCNC(=O)OCc4ccccc4)cn23)cn1. The van der Waals surface area contributed by atoms with E-state index in [1.165, 1.54) is 0 Å². The van der Waals surface area contributed by atoms with Gasteiger partial charge in [-0.3, -0.25) is 9.08 Å². The third-order valence-corrected chi connectivity index (χ3v) is 5.70. The third kappa shape index (κ3) is 4.78. The van der Waals surface area contributed by atoms with E-state index < -0.39 is 15.9 Å². The molecule has 0 atom stereocenters. The van der Waals surface area contributed by atoms with Crippen molar-refractivity contribution in [3.8, 4) is 11.3 Å². The van der Waals surface area contributed by atoms with Gasteiger partial charge in [-0.25, -0.2) is 23.2 Å². The second kappa shape index (κ2) is 8.79. The topological polar surface area (TPSA) is 120 Å². The lowest BCUT2D eigenvalue weighted by Crippen LogP contribution is -2.26. The largest absolute Gasteiger partial charge is 0.445 e. The van der Waals surface area contributed by atoms with E-state index in [4.69, 9.17) is 4.74 Å². The normalized spacial score (nSPS) is 11.6. The molecule has 0 saturated carbocycles. The minimum atomic E-state index is -3.62. The lowest BCUT2D eigenvalue weighted by Gasteiger charge is -2.09. The van der Waals surface area contributed by atoms with Crippen molar-refractivity contribution < 1.29 is 17.9 Å². The maximum absolute atomic E-state index is 12.3. The number of hydrogen-bond acceptors (Lipinski definition) is 7. The molecule has 0 aliphatic rings. The van der Waals surface area contributed by atoms with Crippen LogP contribution in [-0.2, 0) is 34.6 Å². The summed E-state index contributed by atoms with van der Waals surface area (Å²) < 4.78 is 33.2. The van der Waals surface area contributed by atoms with Crippen LogP contribution in [0.3, 0.4) is 0 Å². The minimum Gasteiger partial charge on any atom is -0.445 e. The Balaban J connectivity index is 1.51. The summed E-state index contributed by atoms with van der Waals surface area (Å²) in [4.78, 5) is 20.5. The van der Waals surface area contributed by atoms with Gasteiger partial charge in [-0.15, -0.1) is 0 Å². The van der Waals surface area contributed by atoms with Crippen molar-refractivity contribution in [3.05, 3.63) is 66.4 Å². The zero-order chi connectivity index (χ0) is 22.7. The molecule has 1 amide bonds. The van der Waals surface area contributed by atoms with Gasteiger partial charge in [-0.1, -0.05) is 30.3 Å². The van der Waals surface area contributed by atoms with Crippen LogP contribution < -0.4 is 5.32 Å². The van der Waals surface area contributed by atoms with E-state index in [0.717, 1.165) is 17.4 Å². The molecule has 1 N–H and O–H groups in total. The molecule has 0 aliphatic carbocycles. The zero-order valence-electron chi connectivity index (χ0n) is 17.6. The van der Waals surface area contributed by atoms with E-state index in [0.29, 0.717) is 17.8 Å². The number of alkyl carbamates (subject to hydrolysis) is 1. The van der Waals surface area contributed by atoms with Gasteiger partial charge >= 0.3 is 6.09 Å². The molecule has 4 rings (SSSR count). The molecule has 3 aromatic heterocycles. The Morgan fingerprint density at radius 2 is 1.94 bits per heavy atom. The van der Waals surface area contributed by atoms with Crippen molar-refractivity contribution in [3.63, 3.8) is 0 Å². The van der Waals surface area contributed by atoms with Crippen LogP contribution in [0.15, 0.2) is 60.1 Å². The summed E-state index contributed by atoms with van der Waals surface area (Å²) in [5.41, 5.74) is 3.10. The van der Waals surface area contributed by atoms with Gasteiger partial charge in [0.2, 0.25) is 0 Å². The average molecular weight is 455 g/mol. The maximum Gasteiger partial charge on any atom is 0.407 e. The number of fused-ring (bicyclic) bond motifs is 1. The second-order valence-corrected chi connectivity index (χ2v) is 9.22. The number of carbonyl (C=O) groups is 1. The zero-order valence-corrected chi connectivity index (χ0v) is 18.4. The van der Waals surface area contributed by atoms with Crippen molar-refractivity contribution in [2.24, 2.45) is 7.05 Å². The van der Waals surface area contributed by atoms with Crippen LogP contribution in [0.2, 0.25) is 0 Å². The summed E-state index contributed by atoms with van der Waals surface area (Å²) in [7, 11) is -1.83. The highest BCUT2D eigenvalue weighted by Crippen LogP contribution is 2.23. The van der Waals surface area contributed by atoms with Gasteiger partial charge < -0.3 is 10.1 Å². The summed E-state index contributed by atoms with van der Waals surface area (Å²) in [5.74, 6) is 0. The molecule has 1 aromatic carbocycles. The highest BCUT2D eigenvalue weighted by Gasteiger charge is 2.20. The predicted molar refractivity (Wildman–Crippen MR) is 117 cm³/mol. The van der Waals surface area contributed by atoms with Gasteiger partial charge in [0.1, 0.15) is 6.61 Å². The standard InChI is InChI=1S/C21H22N6O4S/c1-26-12-16(10-24-26)18-11-23-19-20(32(2,29)30)25-17(13-27(18)19)8-9-22-21(28)31-14-15-6-4-3-5-7-15/h3-7,10-13H,8-9,14H2,1-2H3,(H,22,28). The first kappa shape index (κ1) is 21.5. The molecular formula is C21H22N6O4S. The second-order valence-electron chi connectivity index (χ2n) is 7.29. The number of ether oxygens (including phenoxy) is 1. The predicted octanol–water partition coefficient (Wildman–Crippen LogP) is 2.00. The number of carbonyl (C=O) groups excluding carboxylic acids is 1. The molecule has 0 aliphatic heterocycles. The Bertz CT molecular complexity index is 1360. The molecule has 0 fully saturated rings. The van der Waals surface area contributed by atoms with Crippen LogP contribution in [0.1, 0.15) is 11.3 Å². The number of rotatable bonds is 7. The Hall–Kier alpha value is -3.73. The van der Waals surface area contributed by atoms with E-state index in [1.807, 2.05) is 36.5 Å². The molecule has 0 spiro atoms. The molecule has 4 aromatic rings. The van der Waals surface area contributed by atoms with E-state index >= 15 is 0 Å². The summed E-state index contributed by atoms with van der Waals surface area (Å²) in [5, 5.41) is 6.71. The van der Waals surface area contributed by atoms with Crippen LogP contribution >= 0.6 is 0 Å². The Kier molecular flexibility index (Phi) is 5.91. The van der Waals surface area contributed by atoms with Crippen LogP contribution in [0.4, 0.5) is 4.79 Å². The number of aromatic nitrogens is 5. The minimum absolute atomic E-state index is 0.114. The van der Waals surface area contributed by atoms with Crippen LogP contribution in [0.25, 0.3) is 16.9 Å². The number of imidazole rings is 1. The van der Waals surface area contributed by atoms with E-state index in [1.54, 1.807) is 34.7 Å². The molecule has 166 valence electrons. The van der Waals surface area contributed by atoms with Crippen molar-refractivity contribution in [1.82, 2.24) is 29.5 Å². The maximum atomic E-state index is 12.3. The number of sulfone groups is 1. The molecule has 0 bridgehead atoms. The fourth-order valence-electron chi connectivity index (χ4n) is 3.21. The summed E-state index contributed by atoms with van der Waals surface area (Å²) in [6, 6.07) is 9.35. The van der Waals surface area contributed by atoms with Crippen molar-refractivity contribution in [2.75, 3.05) is 12.8 Å². The molecule has 0 radical (unpaired) electrons. The van der Waals surface area contributed by atoms with Crippen LogP contribution in [-0.4, -0.2) is 51.5 Å². The molecule has 0 unspecified atom stereocenters. The van der Waals surface area contributed by atoms with E-state index in [2.05, 4.69) is 20.4 Å². The van der Waals surface area contributed by atoms with Gasteiger partial charge in [-0.2, -0.15) is 5.10 Å². The van der Waals surface area contributed by atoms with Gasteiger partial charge in [0.15, 0.2) is 20.5 Å². The first-order valence-electron chi connectivity index (χ1n) is 9.82. The lowest BCUT2D eigenvalue weighted by molar-refractivity contribution is 0.140. The number of aryl methyl sites for hydroxylation is 1. The summed E-state index contributed by atoms with van der Waals surface area (Å²) in [6.07, 6.45) is 7.64. The Labute approximate surface area is 184 Å². The van der Waals surface area contributed by atoms with Crippen LogP contribution in [0, 0.1) is 0 Å². The smallest absolute Gasteiger partial charge is 0.407 e. The quantitative estimate of drug-likeness (QED) is 0.453. The van der Waals surface area contributed by atoms with Gasteiger partial charge in [-0.05, 0) is 5.56 Å². The number of hydrogen-bond donors (Lipinski definition) is 1. The molecular weight excluding hydrogens is 432 g/mol. The average Bonchev–Trinajstić information content (AvgIpc) is 3.37. The highest BCUT2D eigenvalue weighted by atomic mass is 32.2.